The van der Waals surface area contributed by atoms with Crippen LogP contribution in [0.2, 0.25) is 0 Å². The summed E-state index contributed by atoms with van der Waals surface area (Å²) in [4.78, 5) is 2.62. The largest absolute Gasteiger partial charge is 0.496 e. The van der Waals surface area contributed by atoms with E-state index in [1.807, 2.05) is 6.07 Å². The third-order valence-electron chi connectivity index (χ3n) is 3.77. The smallest absolute Gasteiger partial charge is 0.133 e. The number of hydrogen-bond acceptors (Lipinski definition) is 2. The zero-order valence-corrected chi connectivity index (χ0v) is 14.5. The highest BCUT2D eigenvalue weighted by atomic mass is 79.9. The van der Waals surface area contributed by atoms with E-state index in [2.05, 4.69) is 48.9 Å². The molecule has 0 aliphatic heterocycles. The Hall–Kier alpha value is -0.0600. The van der Waals surface area contributed by atoms with Crippen molar-refractivity contribution in [1.82, 2.24) is 4.90 Å². The van der Waals surface area contributed by atoms with E-state index in [9.17, 15) is 0 Å². The van der Waals surface area contributed by atoms with Gasteiger partial charge in [0.1, 0.15) is 5.75 Å². The van der Waals surface area contributed by atoms with Crippen LogP contribution in [0.4, 0.5) is 0 Å². The van der Waals surface area contributed by atoms with Crippen molar-refractivity contribution in [2.24, 2.45) is 0 Å². The minimum atomic E-state index is 0.792. The molecule has 0 N–H and O–H groups in total. The molecule has 2 rings (SSSR count). The summed E-state index contributed by atoms with van der Waals surface area (Å²) in [6, 6.07) is 7.19. The minimum Gasteiger partial charge on any atom is -0.496 e. The Bertz CT molecular complexity index is 407. The van der Waals surface area contributed by atoms with Crippen molar-refractivity contribution in [1.29, 1.82) is 0 Å². The number of alkyl halides is 1. The summed E-state index contributed by atoms with van der Waals surface area (Å²) in [6.07, 6.45) is 5.33. The molecule has 19 heavy (non-hydrogen) atoms. The lowest BCUT2D eigenvalue weighted by Crippen LogP contribution is -2.40. The van der Waals surface area contributed by atoms with Crippen molar-refractivity contribution in [2.45, 2.75) is 38.3 Å². The van der Waals surface area contributed by atoms with Crippen LogP contribution in [-0.4, -0.2) is 29.9 Å². The van der Waals surface area contributed by atoms with Crippen LogP contribution in [0, 0.1) is 0 Å². The molecule has 2 nitrogen and oxygen atoms in total. The van der Waals surface area contributed by atoms with Crippen molar-refractivity contribution in [3.63, 3.8) is 0 Å². The molecule has 0 unspecified atom stereocenters. The molecular weight excluding hydrogens is 370 g/mol. The Labute approximate surface area is 132 Å². The molecule has 0 spiro atoms. The van der Waals surface area contributed by atoms with E-state index in [0.29, 0.717) is 0 Å². The molecule has 0 saturated heterocycles. The molecule has 1 saturated carbocycles. The van der Waals surface area contributed by atoms with Crippen molar-refractivity contribution < 1.29 is 4.74 Å². The third-order valence-corrected chi connectivity index (χ3v) is 4.95. The van der Waals surface area contributed by atoms with Gasteiger partial charge in [-0.3, -0.25) is 4.90 Å². The lowest BCUT2D eigenvalue weighted by Gasteiger charge is -2.37. The van der Waals surface area contributed by atoms with Gasteiger partial charge in [0.15, 0.2) is 0 Å². The number of ether oxygens (including phenoxy) is 1. The van der Waals surface area contributed by atoms with Crippen LogP contribution in [0.5, 0.6) is 5.75 Å². The monoisotopic (exact) mass is 389 g/mol. The van der Waals surface area contributed by atoms with Gasteiger partial charge in [-0.2, -0.15) is 0 Å². The van der Waals surface area contributed by atoms with Crippen LogP contribution < -0.4 is 4.74 Å². The molecule has 1 fully saturated rings. The molecular formula is C15H21Br2NO. The van der Waals surface area contributed by atoms with E-state index in [0.717, 1.165) is 28.1 Å². The highest BCUT2D eigenvalue weighted by molar-refractivity contribution is 9.10. The predicted molar refractivity (Wildman–Crippen MR) is 87.2 cm³/mol. The summed E-state index contributed by atoms with van der Waals surface area (Å²) < 4.78 is 6.33. The third kappa shape index (κ3) is 4.20. The van der Waals surface area contributed by atoms with Crippen molar-refractivity contribution in [2.75, 3.05) is 19.0 Å². The van der Waals surface area contributed by atoms with Crippen molar-refractivity contribution >= 4 is 31.9 Å². The Morgan fingerprint density at radius 3 is 2.68 bits per heavy atom. The zero-order chi connectivity index (χ0) is 13.7. The molecule has 1 aliphatic carbocycles. The van der Waals surface area contributed by atoms with Crippen LogP contribution in [0.15, 0.2) is 22.7 Å². The first-order valence-electron chi connectivity index (χ1n) is 6.87. The number of rotatable bonds is 7. The summed E-state index contributed by atoms with van der Waals surface area (Å²) in [7, 11) is 1.70. The van der Waals surface area contributed by atoms with E-state index in [1.54, 1.807) is 7.11 Å². The second kappa shape index (κ2) is 7.65. The number of methoxy groups -OCH3 is 1. The fraction of sp³-hybridized carbons (Fsp3) is 0.600. The van der Waals surface area contributed by atoms with Gasteiger partial charge in [0.2, 0.25) is 0 Å². The maximum Gasteiger partial charge on any atom is 0.133 e. The van der Waals surface area contributed by atoms with E-state index < -0.39 is 0 Å². The Kier molecular flexibility index (Phi) is 6.17. The van der Waals surface area contributed by atoms with Gasteiger partial charge in [-0.05, 0) is 59.4 Å². The van der Waals surface area contributed by atoms with E-state index in [-0.39, 0.29) is 0 Å². The second-order valence-corrected chi connectivity index (χ2v) is 6.71. The molecule has 0 aromatic heterocycles. The summed E-state index contributed by atoms with van der Waals surface area (Å²) in [5.41, 5.74) is 1.36. The Morgan fingerprint density at radius 1 is 1.37 bits per heavy atom. The number of halogens is 2. The Morgan fingerprint density at radius 2 is 2.16 bits per heavy atom. The summed E-state index contributed by atoms with van der Waals surface area (Å²) in [5, 5.41) is 1.09. The van der Waals surface area contributed by atoms with Gasteiger partial charge in [0, 0.05) is 17.9 Å². The molecule has 0 bridgehead atoms. The summed E-state index contributed by atoms with van der Waals surface area (Å²) in [6.45, 7) is 2.22. The van der Waals surface area contributed by atoms with Gasteiger partial charge in [0.25, 0.3) is 0 Å². The summed E-state index contributed by atoms with van der Waals surface area (Å²) in [5.74, 6) is 0.902. The van der Waals surface area contributed by atoms with Gasteiger partial charge in [0.05, 0.1) is 11.6 Å². The number of nitrogens with zero attached hydrogens (tertiary/aromatic N) is 1. The fourth-order valence-corrected chi connectivity index (χ4v) is 3.29. The maximum atomic E-state index is 5.28. The Balaban J connectivity index is 2.01. The normalized spacial score (nSPS) is 15.6. The van der Waals surface area contributed by atoms with E-state index in [4.69, 9.17) is 4.74 Å². The zero-order valence-electron chi connectivity index (χ0n) is 11.4. The average molecular weight is 391 g/mol. The van der Waals surface area contributed by atoms with Gasteiger partial charge < -0.3 is 4.74 Å². The first-order valence-corrected chi connectivity index (χ1v) is 8.78. The van der Waals surface area contributed by atoms with Gasteiger partial charge in [-0.25, -0.2) is 0 Å². The van der Waals surface area contributed by atoms with Crippen LogP contribution in [0.25, 0.3) is 0 Å². The molecule has 106 valence electrons. The molecule has 1 aliphatic rings. The second-order valence-electron chi connectivity index (χ2n) is 5.07. The molecule has 4 heteroatoms. The topological polar surface area (TPSA) is 12.5 Å². The van der Waals surface area contributed by atoms with Crippen molar-refractivity contribution in [3.05, 3.63) is 28.2 Å². The van der Waals surface area contributed by atoms with Crippen molar-refractivity contribution in [3.8, 4) is 5.75 Å². The maximum absolute atomic E-state index is 5.28. The van der Waals surface area contributed by atoms with E-state index in [1.165, 1.54) is 37.8 Å². The van der Waals surface area contributed by atoms with E-state index >= 15 is 0 Å². The number of hydrogen-bond donors (Lipinski definition) is 0. The molecule has 0 radical (unpaired) electrons. The standard InChI is InChI=1S/C15H21Br2NO/c1-19-15-7-6-12(10-14(15)17)11-18(9-3-8-16)13-4-2-5-13/h6-7,10,13H,2-5,8-9,11H2,1H3. The van der Waals surface area contributed by atoms with Gasteiger partial charge in [-0.1, -0.05) is 28.4 Å². The van der Waals surface area contributed by atoms with Gasteiger partial charge >= 0.3 is 0 Å². The highest BCUT2D eigenvalue weighted by Gasteiger charge is 2.24. The quantitative estimate of drug-likeness (QED) is 0.631. The lowest BCUT2D eigenvalue weighted by atomic mass is 9.91. The SMILES string of the molecule is COc1ccc(CN(CCCBr)C2CCC2)cc1Br. The number of benzene rings is 1. The molecule has 1 aromatic carbocycles. The fourth-order valence-electron chi connectivity index (χ4n) is 2.45. The summed E-state index contributed by atoms with van der Waals surface area (Å²) >= 11 is 7.10. The minimum absolute atomic E-state index is 0.792. The van der Waals surface area contributed by atoms with Crippen LogP contribution in [0.3, 0.4) is 0 Å². The highest BCUT2D eigenvalue weighted by Crippen LogP contribution is 2.29. The predicted octanol–water partition coefficient (Wildman–Crippen LogP) is 4.60. The molecule has 0 atom stereocenters. The average Bonchev–Trinajstić information content (AvgIpc) is 2.34. The first-order chi connectivity index (χ1) is 9.24. The molecule has 0 amide bonds. The van der Waals surface area contributed by atoms with Gasteiger partial charge in [-0.15, -0.1) is 0 Å². The van der Waals surface area contributed by atoms with Crippen LogP contribution in [-0.2, 0) is 6.54 Å². The first kappa shape index (κ1) is 15.3. The lowest BCUT2D eigenvalue weighted by molar-refractivity contribution is 0.120. The van der Waals surface area contributed by atoms with Crippen LogP contribution >= 0.6 is 31.9 Å². The molecule has 1 aromatic rings. The van der Waals surface area contributed by atoms with Crippen LogP contribution in [0.1, 0.15) is 31.2 Å². The molecule has 0 heterocycles.